The van der Waals surface area contributed by atoms with E-state index in [9.17, 15) is 0 Å². The van der Waals surface area contributed by atoms with Crippen molar-refractivity contribution in [1.82, 2.24) is 15.1 Å². The first-order valence-electron chi connectivity index (χ1n) is 2.43. The molecule has 0 saturated carbocycles. The van der Waals surface area contributed by atoms with Gasteiger partial charge in [0.05, 0.1) is 34.0 Å². The minimum Gasteiger partial charge on any atom is -0.357 e. The van der Waals surface area contributed by atoms with E-state index in [2.05, 4.69) is 10.3 Å². The minimum absolute atomic E-state index is 0. The maximum Gasteiger partial charge on any atom is 2.00 e. The summed E-state index contributed by atoms with van der Waals surface area (Å²) in [4.78, 5) is 1.14. The SMILES string of the molecule is Nn1ccnn1.[Cu+2].[O-][Cl+2]([O-])[O-].[O-][Cl+2]([O-])[O-]. The van der Waals surface area contributed by atoms with Gasteiger partial charge < -0.3 is 33.8 Å². The quantitative estimate of drug-likeness (QED) is 0.357. The van der Waals surface area contributed by atoms with Gasteiger partial charge in [-0.3, -0.25) is 0 Å². The van der Waals surface area contributed by atoms with Crippen LogP contribution in [0.25, 0.3) is 0 Å². The molecule has 1 radical (unpaired) electrons. The van der Waals surface area contributed by atoms with Crippen LogP contribution in [0.4, 0.5) is 0 Å². The zero-order valence-corrected chi connectivity index (χ0v) is 9.03. The number of aromatic nitrogens is 3. The van der Waals surface area contributed by atoms with Crippen molar-refractivity contribution in [1.29, 1.82) is 0 Å². The monoisotopic (exact) mass is 313 g/mol. The topological polar surface area (TPSA) is 195 Å². The van der Waals surface area contributed by atoms with Crippen molar-refractivity contribution in [3.05, 3.63) is 12.4 Å². The van der Waals surface area contributed by atoms with Crippen LogP contribution in [0.2, 0.25) is 0 Å². The van der Waals surface area contributed by atoms with E-state index < -0.39 is 21.6 Å². The smallest absolute Gasteiger partial charge is 0.357 e. The third-order valence-corrected chi connectivity index (χ3v) is 0.441. The van der Waals surface area contributed by atoms with Crippen molar-refractivity contribution in [2.75, 3.05) is 5.84 Å². The second-order valence-corrected chi connectivity index (χ2v) is 2.02. The maximum atomic E-state index is 8.41. The van der Waals surface area contributed by atoms with E-state index in [0.29, 0.717) is 0 Å². The van der Waals surface area contributed by atoms with E-state index in [-0.39, 0.29) is 17.1 Å². The van der Waals surface area contributed by atoms with Gasteiger partial charge in [0, 0.05) is 0 Å². The summed E-state index contributed by atoms with van der Waals surface area (Å²) in [5, 5.41) is 6.77. The molecule has 0 atom stereocenters. The number of nitrogens with two attached hydrogens (primary N) is 1. The van der Waals surface area contributed by atoms with E-state index >= 15 is 0 Å². The van der Waals surface area contributed by atoms with Gasteiger partial charge in [0.2, 0.25) is 0 Å². The van der Waals surface area contributed by atoms with Crippen molar-refractivity contribution in [3.63, 3.8) is 0 Å². The molecule has 1 rings (SSSR count). The standard InChI is InChI=1S/C2H4N4.2ClO3.Cu/c3-6-2-1-4-5-6;2*2-1(3)4;/h1-2H,3H2;;;/q;2*-1;+2. The number of nitrogens with zero attached hydrogens (tertiary/aromatic N) is 3. The molecule has 0 bridgehead atoms. The Balaban J connectivity index is -0.000000145. The molecule has 1 heterocycles. The Morgan fingerprint density at radius 2 is 1.33 bits per heavy atom. The molecule has 13 heteroatoms. The van der Waals surface area contributed by atoms with Gasteiger partial charge in [-0.15, -0.1) is 5.10 Å². The zero-order chi connectivity index (χ0) is 11.6. The summed E-state index contributed by atoms with van der Waals surface area (Å²) in [6.45, 7) is 0. The predicted molar refractivity (Wildman–Crippen MR) is 20.2 cm³/mol. The molecule has 0 amide bonds. The Kier molecular flexibility index (Phi) is 18.6. The average molecular weight is 315 g/mol. The van der Waals surface area contributed by atoms with Gasteiger partial charge in [-0.2, -0.15) is 4.79 Å². The Labute approximate surface area is 100 Å². The third kappa shape index (κ3) is 41.6. The molecule has 0 fully saturated rings. The van der Waals surface area contributed by atoms with Crippen LogP contribution in [0.15, 0.2) is 12.4 Å². The second-order valence-electron chi connectivity index (χ2n) is 1.26. The molecule has 0 saturated heterocycles. The summed E-state index contributed by atoms with van der Waals surface area (Å²) in [7, 11) is -5.70. The van der Waals surface area contributed by atoms with Gasteiger partial charge in [0.25, 0.3) is 0 Å². The number of hydrogen-bond acceptors (Lipinski definition) is 9. The normalized spacial score (nSPS) is 8.27. The number of rotatable bonds is 0. The molecule has 93 valence electrons. The molecule has 0 aromatic carbocycles. The molecular weight excluding hydrogens is 310 g/mol. The summed E-state index contributed by atoms with van der Waals surface area (Å²) in [5.74, 6) is 5.02. The van der Waals surface area contributed by atoms with Crippen LogP contribution in [0, 0.1) is 21.6 Å². The fourth-order valence-corrected chi connectivity index (χ4v) is 0.217. The molecule has 0 spiro atoms. The van der Waals surface area contributed by atoms with Crippen molar-refractivity contribution >= 4 is 0 Å². The fourth-order valence-electron chi connectivity index (χ4n) is 0.217. The van der Waals surface area contributed by atoms with Crippen molar-refractivity contribution in [2.24, 2.45) is 0 Å². The van der Waals surface area contributed by atoms with Gasteiger partial charge in [0.1, 0.15) is 0 Å². The van der Waals surface area contributed by atoms with Gasteiger partial charge in [-0.25, -0.2) is 0 Å². The van der Waals surface area contributed by atoms with Crippen molar-refractivity contribution in [2.45, 2.75) is 0 Å². The van der Waals surface area contributed by atoms with E-state index in [1.165, 1.54) is 6.20 Å². The zero-order valence-electron chi connectivity index (χ0n) is 6.58. The first-order chi connectivity index (χ1) is 6.36. The van der Waals surface area contributed by atoms with Gasteiger partial charge in [0.15, 0.2) is 0 Å². The van der Waals surface area contributed by atoms with E-state index in [1.54, 1.807) is 6.20 Å². The summed E-state index contributed by atoms with van der Waals surface area (Å²) < 4.78 is 50.4. The Hall–Kier alpha value is -0.201. The summed E-state index contributed by atoms with van der Waals surface area (Å²) >= 11 is 0. The summed E-state index contributed by atoms with van der Waals surface area (Å²) in [5.41, 5.74) is 0. The Morgan fingerprint density at radius 3 is 1.40 bits per heavy atom. The molecular formula is C2H4Cl2CuN4O6. The van der Waals surface area contributed by atoms with Crippen LogP contribution in [0.3, 0.4) is 0 Å². The van der Waals surface area contributed by atoms with Crippen LogP contribution in [-0.4, -0.2) is 15.1 Å². The second kappa shape index (κ2) is 13.8. The van der Waals surface area contributed by atoms with Crippen molar-refractivity contribution < 1.29 is 66.6 Å². The fraction of sp³-hybridized carbons (Fsp3) is 0. The molecule has 2 N–H and O–H groups in total. The van der Waals surface area contributed by atoms with Crippen LogP contribution in [0.1, 0.15) is 0 Å². The largest absolute Gasteiger partial charge is 2.00 e. The maximum absolute atomic E-state index is 8.41. The minimum atomic E-state index is -2.85. The predicted octanol–water partition coefficient (Wildman–Crippen LogP) is -8.14. The summed E-state index contributed by atoms with van der Waals surface area (Å²) in [6.07, 6.45) is 3.07. The van der Waals surface area contributed by atoms with Crippen LogP contribution in [0.5, 0.6) is 0 Å². The van der Waals surface area contributed by atoms with E-state index in [0.717, 1.165) is 4.79 Å². The molecule has 0 unspecified atom stereocenters. The van der Waals surface area contributed by atoms with Gasteiger partial charge >= 0.3 is 17.1 Å². The first-order valence-corrected chi connectivity index (χ1v) is 4.29. The Morgan fingerprint density at radius 1 is 1.00 bits per heavy atom. The number of nitrogen functional groups attached to an aromatic ring is 1. The summed E-state index contributed by atoms with van der Waals surface area (Å²) in [6, 6.07) is 0. The molecule has 10 nitrogen and oxygen atoms in total. The molecule has 15 heavy (non-hydrogen) atoms. The third-order valence-electron chi connectivity index (χ3n) is 0.441. The number of hydrogen-bond donors (Lipinski definition) is 1. The van der Waals surface area contributed by atoms with E-state index in [1.807, 2.05) is 0 Å². The molecule has 0 aliphatic carbocycles. The molecule has 0 aliphatic rings. The van der Waals surface area contributed by atoms with E-state index in [4.69, 9.17) is 33.8 Å². The average Bonchev–Trinajstić information content (AvgIpc) is 2.36. The van der Waals surface area contributed by atoms with Crippen LogP contribution < -0.4 is 33.8 Å². The van der Waals surface area contributed by atoms with Crippen LogP contribution in [-0.2, 0) is 17.1 Å². The van der Waals surface area contributed by atoms with Gasteiger partial charge in [-0.1, -0.05) is 0 Å². The Bertz CT molecular complexity index is 188. The first kappa shape index (κ1) is 20.2. The molecule has 0 aliphatic heterocycles. The van der Waals surface area contributed by atoms with Crippen LogP contribution >= 0.6 is 0 Å². The molecule has 1 aromatic rings. The van der Waals surface area contributed by atoms with Gasteiger partial charge in [-0.05, 0) is 5.21 Å². The molecule has 1 aromatic heterocycles. The number of halogens is 2. The van der Waals surface area contributed by atoms with Crippen molar-refractivity contribution in [3.8, 4) is 0 Å².